The van der Waals surface area contributed by atoms with Crippen LogP contribution in [0.15, 0.2) is 18.2 Å². The molecule has 1 aliphatic rings. The summed E-state index contributed by atoms with van der Waals surface area (Å²) in [4.78, 5) is 2.63. The smallest absolute Gasteiger partial charge is 0.0449 e. The van der Waals surface area contributed by atoms with Gasteiger partial charge in [-0.3, -0.25) is 0 Å². The highest BCUT2D eigenvalue weighted by Crippen LogP contribution is 2.30. The van der Waals surface area contributed by atoms with Crippen molar-refractivity contribution in [1.82, 2.24) is 10.2 Å². The van der Waals surface area contributed by atoms with E-state index in [0.29, 0.717) is 11.5 Å². The zero-order valence-electron chi connectivity index (χ0n) is 14.5. The summed E-state index contributed by atoms with van der Waals surface area (Å²) in [7, 11) is 0. The van der Waals surface area contributed by atoms with Crippen LogP contribution in [0.1, 0.15) is 56.3 Å². The fourth-order valence-electron chi connectivity index (χ4n) is 3.23. The van der Waals surface area contributed by atoms with Crippen LogP contribution in [0.3, 0.4) is 0 Å². The molecular weight excluding hydrogens is 256 g/mol. The van der Waals surface area contributed by atoms with Gasteiger partial charge in [-0.1, -0.05) is 39.0 Å². The second kappa shape index (κ2) is 6.93. The lowest BCUT2D eigenvalue weighted by atomic mass is 9.93. The second-order valence-electron chi connectivity index (χ2n) is 7.50. The van der Waals surface area contributed by atoms with E-state index in [9.17, 15) is 0 Å². The highest BCUT2D eigenvalue weighted by atomic mass is 15.2. The largest absolute Gasteiger partial charge is 0.309 e. The van der Waals surface area contributed by atoms with Gasteiger partial charge >= 0.3 is 0 Å². The van der Waals surface area contributed by atoms with Crippen LogP contribution in [0.2, 0.25) is 0 Å². The molecule has 1 unspecified atom stereocenters. The van der Waals surface area contributed by atoms with Crippen molar-refractivity contribution >= 4 is 0 Å². The van der Waals surface area contributed by atoms with E-state index in [-0.39, 0.29) is 0 Å². The molecule has 21 heavy (non-hydrogen) atoms. The standard InChI is InChI=1S/C19H32N2/c1-6-10-20-18(13-21-11-9-19(4,5)14-21)17-8-7-15(2)16(3)12-17/h7-8,12,18,20H,6,9-11,13-14H2,1-5H3. The van der Waals surface area contributed by atoms with E-state index in [1.54, 1.807) is 0 Å². The Morgan fingerprint density at radius 2 is 2.00 bits per heavy atom. The van der Waals surface area contributed by atoms with Gasteiger partial charge in [-0.25, -0.2) is 0 Å². The summed E-state index contributed by atoms with van der Waals surface area (Å²) in [6.45, 7) is 16.1. The van der Waals surface area contributed by atoms with Crippen molar-refractivity contribution in [2.75, 3.05) is 26.2 Å². The first-order valence-corrected chi connectivity index (χ1v) is 8.44. The average Bonchev–Trinajstić information content (AvgIpc) is 2.77. The van der Waals surface area contributed by atoms with Gasteiger partial charge in [0, 0.05) is 19.1 Å². The molecule has 1 aliphatic heterocycles. The monoisotopic (exact) mass is 288 g/mol. The number of nitrogens with zero attached hydrogens (tertiary/aromatic N) is 1. The maximum absolute atomic E-state index is 3.74. The average molecular weight is 288 g/mol. The van der Waals surface area contributed by atoms with E-state index in [2.05, 4.69) is 63.0 Å². The molecule has 2 rings (SSSR count). The zero-order chi connectivity index (χ0) is 15.5. The molecule has 1 aromatic rings. The molecule has 0 radical (unpaired) electrons. The van der Waals surface area contributed by atoms with Crippen LogP contribution >= 0.6 is 0 Å². The molecule has 0 amide bonds. The van der Waals surface area contributed by atoms with Gasteiger partial charge in [-0.05, 0) is 61.9 Å². The Hall–Kier alpha value is -0.860. The molecular formula is C19H32N2. The Balaban J connectivity index is 2.08. The predicted molar refractivity (Wildman–Crippen MR) is 91.8 cm³/mol. The van der Waals surface area contributed by atoms with Gasteiger partial charge in [0.1, 0.15) is 0 Å². The zero-order valence-corrected chi connectivity index (χ0v) is 14.5. The van der Waals surface area contributed by atoms with E-state index in [1.165, 1.54) is 42.6 Å². The Bertz CT molecular complexity index is 465. The molecule has 0 aliphatic carbocycles. The van der Waals surface area contributed by atoms with Crippen LogP contribution in [0, 0.1) is 19.3 Å². The summed E-state index contributed by atoms with van der Waals surface area (Å²) in [5, 5.41) is 3.74. The lowest BCUT2D eigenvalue weighted by molar-refractivity contribution is 0.260. The Kier molecular flexibility index (Phi) is 5.45. The van der Waals surface area contributed by atoms with Crippen LogP contribution in [0.5, 0.6) is 0 Å². The Morgan fingerprint density at radius 3 is 2.57 bits per heavy atom. The summed E-state index contributed by atoms with van der Waals surface area (Å²) >= 11 is 0. The Labute approximate surface area is 130 Å². The highest BCUT2D eigenvalue weighted by Gasteiger charge is 2.30. The number of hydrogen-bond donors (Lipinski definition) is 1. The van der Waals surface area contributed by atoms with Gasteiger partial charge < -0.3 is 10.2 Å². The minimum Gasteiger partial charge on any atom is -0.309 e. The lowest BCUT2D eigenvalue weighted by Crippen LogP contribution is -2.35. The fraction of sp³-hybridized carbons (Fsp3) is 0.684. The van der Waals surface area contributed by atoms with Crippen LogP contribution in [-0.2, 0) is 0 Å². The summed E-state index contributed by atoms with van der Waals surface area (Å²) < 4.78 is 0. The number of benzene rings is 1. The van der Waals surface area contributed by atoms with E-state index >= 15 is 0 Å². The number of likely N-dealkylation sites (tertiary alicyclic amines) is 1. The van der Waals surface area contributed by atoms with Gasteiger partial charge in [0.2, 0.25) is 0 Å². The summed E-state index contributed by atoms with van der Waals surface area (Å²) in [5.41, 5.74) is 4.71. The molecule has 0 saturated carbocycles. The summed E-state index contributed by atoms with van der Waals surface area (Å²) in [5.74, 6) is 0. The van der Waals surface area contributed by atoms with Crippen molar-refractivity contribution in [3.8, 4) is 0 Å². The molecule has 2 nitrogen and oxygen atoms in total. The minimum atomic E-state index is 0.457. The van der Waals surface area contributed by atoms with Gasteiger partial charge in [0.25, 0.3) is 0 Å². The van der Waals surface area contributed by atoms with Gasteiger partial charge in [-0.15, -0.1) is 0 Å². The molecule has 0 spiro atoms. The number of aryl methyl sites for hydroxylation is 2. The van der Waals surface area contributed by atoms with E-state index in [4.69, 9.17) is 0 Å². The third-order valence-electron chi connectivity index (χ3n) is 4.77. The number of hydrogen-bond acceptors (Lipinski definition) is 2. The van der Waals surface area contributed by atoms with Gasteiger partial charge in [0.05, 0.1) is 0 Å². The first kappa shape index (κ1) is 16.5. The SMILES string of the molecule is CCCNC(CN1CCC(C)(C)C1)c1ccc(C)c(C)c1. The summed E-state index contributed by atoms with van der Waals surface area (Å²) in [6.07, 6.45) is 2.51. The fourth-order valence-corrected chi connectivity index (χ4v) is 3.23. The van der Waals surface area contributed by atoms with E-state index in [0.717, 1.165) is 13.1 Å². The molecule has 1 saturated heterocycles. The molecule has 1 fully saturated rings. The molecule has 0 bridgehead atoms. The third-order valence-corrected chi connectivity index (χ3v) is 4.77. The van der Waals surface area contributed by atoms with Gasteiger partial charge in [0.15, 0.2) is 0 Å². The predicted octanol–water partition coefficient (Wildman–Crippen LogP) is 4.08. The van der Waals surface area contributed by atoms with Crippen molar-refractivity contribution in [3.63, 3.8) is 0 Å². The third kappa shape index (κ3) is 4.55. The summed E-state index contributed by atoms with van der Waals surface area (Å²) in [6, 6.07) is 7.39. The van der Waals surface area contributed by atoms with Crippen LogP contribution in [0.4, 0.5) is 0 Å². The second-order valence-corrected chi connectivity index (χ2v) is 7.50. The molecule has 1 atom stereocenters. The maximum Gasteiger partial charge on any atom is 0.0449 e. The van der Waals surface area contributed by atoms with Crippen molar-refractivity contribution in [2.45, 2.75) is 53.5 Å². The van der Waals surface area contributed by atoms with E-state index in [1.807, 2.05) is 0 Å². The van der Waals surface area contributed by atoms with Gasteiger partial charge in [-0.2, -0.15) is 0 Å². The van der Waals surface area contributed by atoms with Crippen LogP contribution in [-0.4, -0.2) is 31.1 Å². The van der Waals surface area contributed by atoms with Crippen LogP contribution in [0.25, 0.3) is 0 Å². The maximum atomic E-state index is 3.74. The van der Waals surface area contributed by atoms with Crippen molar-refractivity contribution < 1.29 is 0 Å². The van der Waals surface area contributed by atoms with Crippen molar-refractivity contribution in [2.24, 2.45) is 5.41 Å². The number of nitrogens with one attached hydrogen (secondary N) is 1. The molecule has 0 aromatic heterocycles. The van der Waals surface area contributed by atoms with Crippen LogP contribution < -0.4 is 5.32 Å². The molecule has 2 heteroatoms. The highest BCUT2D eigenvalue weighted by molar-refractivity contribution is 5.32. The molecule has 118 valence electrons. The first-order chi connectivity index (χ1) is 9.91. The first-order valence-electron chi connectivity index (χ1n) is 8.44. The normalized spacial score (nSPS) is 19.9. The van der Waals surface area contributed by atoms with E-state index < -0.39 is 0 Å². The Morgan fingerprint density at radius 1 is 1.24 bits per heavy atom. The van der Waals surface area contributed by atoms with Crippen molar-refractivity contribution in [3.05, 3.63) is 34.9 Å². The lowest BCUT2D eigenvalue weighted by Gasteiger charge is -2.27. The number of rotatable bonds is 6. The topological polar surface area (TPSA) is 15.3 Å². The van der Waals surface area contributed by atoms with Crippen molar-refractivity contribution in [1.29, 1.82) is 0 Å². The quantitative estimate of drug-likeness (QED) is 0.848. The molecule has 1 aromatic carbocycles. The molecule has 1 heterocycles. The minimum absolute atomic E-state index is 0.457. The molecule has 1 N–H and O–H groups in total.